The lowest BCUT2D eigenvalue weighted by Gasteiger charge is -2.39. The van der Waals surface area contributed by atoms with Crippen LogP contribution in [-0.2, 0) is 0 Å². The van der Waals surface area contributed by atoms with Crippen molar-refractivity contribution in [3.8, 4) is 0 Å². The van der Waals surface area contributed by atoms with Crippen molar-refractivity contribution in [3.05, 3.63) is 40.3 Å². The molecule has 1 aliphatic heterocycles. The van der Waals surface area contributed by atoms with Crippen LogP contribution in [0.5, 0.6) is 0 Å². The highest BCUT2D eigenvalue weighted by atomic mass is 16.3. The maximum Gasteiger partial charge on any atom is 0.275 e. The Morgan fingerprint density at radius 3 is 2.52 bits per heavy atom. The second-order valence-electron chi connectivity index (χ2n) is 6.84. The minimum atomic E-state index is -0.285. The fourth-order valence-electron chi connectivity index (χ4n) is 4.03. The van der Waals surface area contributed by atoms with Crippen molar-refractivity contribution in [2.24, 2.45) is 0 Å². The number of nitrogens with one attached hydrogen (secondary N) is 1. The number of piperazine rings is 1. The van der Waals surface area contributed by atoms with Crippen molar-refractivity contribution < 1.29 is 9.90 Å². The molecule has 132 valence electrons. The summed E-state index contributed by atoms with van der Waals surface area (Å²) in [6.07, 6.45) is 2.73. The molecule has 2 fully saturated rings. The van der Waals surface area contributed by atoms with E-state index in [-0.39, 0.29) is 23.6 Å². The van der Waals surface area contributed by atoms with E-state index in [0.29, 0.717) is 29.6 Å². The maximum atomic E-state index is 12.9. The van der Waals surface area contributed by atoms with E-state index in [1.807, 2.05) is 0 Å². The number of fused-ring (bicyclic) bond motifs is 1. The molecule has 2 unspecified atom stereocenters. The molecule has 2 atom stereocenters. The highest BCUT2D eigenvalue weighted by Gasteiger charge is 2.34. The lowest BCUT2D eigenvalue weighted by Crippen LogP contribution is -2.53. The zero-order valence-electron chi connectivity index (χ0n) is 14.0. The number of nitrogens with zero attached hydrogens (tertiary/aromatic N) is 3. The molecule has 1 aromatic carbocycles. The third-order valence-electron chi connectivity index (χ3n) is 5.41. The Kier molecular flexibility index (Phi) is 4.27. The van der Waals surface area contributed by atoms with Crippen molar-refractivity contribution in [2.45, 2.75) is 31.4 Å². The van der Waals surface area contributed by atoms with Crippen LogP contribution in [0, 0.1) is 0 Å². The third kappa shape index (κ3) is 2.94. The van der Waals surface area contributed by atoms with Gasteiger partial charge in [-0.2, -0.15) is 5.10 Å². The van der Waals surface area contributed by atoms with Gasteiger partial charge in [-0.15, -0.1) is 0 Å². The summed E-state index contributed by atoms with van der Waals surface area (Å²) in [5.41, 5.74) is 0.0109. The molecular formula is C18H22N4O3. The predicted octanol–water partition coefficient (Wildman–Crippen LogP) is 0.594. The number of aromatic nitrogens is 2. The van der Waals surface area contributed by atoms with Gasteiger partial charge in [-0.3, -0.25) is 14.5 Å². The molecule has 0 bridgehead atoms. The zero-order chi connectivity index (χ0) is 17.4. The van der Waals surface area contributed by atoms with Gasteiger partial charge in [0.2, 0.25) is 0 Å². The molecule has 25 heavy (non-hydrogen) atoms. The highest BCUT2D eigenvalue weighted by Crippen LogP contribution is 2.25. The standard InChI is InChI=1S/C18H22N4O3/c23-15-7-3-6-14(15)21-8-10-22(11-9-21)18(25)16-12-4-1-2-5-13(12)17(24)20-19-16/h1-2,4-5,14-15,23H,3,6-11H2,(H,20,24). The molecule has 1 saturated carbocycles. The van der Waals surface area contributed by atoms with E-state index >= 15 is 0 Å². The van der Waals surface area contributed by atoms with E-state index in [1.165, 1.54) is 0 Å². The van der Waals surface area contributed by atoms with Gasteiger partial charge in [0.1, 0.15) is 0 Å². The number of H-pyrrole nitrogens is 1. The number of aromatic amines is 1. The van der Waals surface area contributed by atoms with Crippen LogP contribution in [0.4, 0.5) is 0 Å². The van der Waals surface area contributed by atoms with Gasteiger partial charge in [0.15, 0.2) is 5.69 Å². The van der Waals surface area contributed by atoms with Gasteiger partial charge in [0.05, 0.1) is 11.5 Å². The molecular weight excluding hydrogens is 320 g/mol. The van der Waals surface area contributed by atoms with E-state index in [0.717, 1.165) is 32.4 Å². The quantitative estimate of drug-likeness (QED) is 0.834. The molecule has 1 aromatic heterocycles. The largest absolute Gasteiger partial charge is 0.391 e. The molecule has 1 aliphatic carbocycles. The van der Waals surface area contributed by atoms with Crippen molar-refractivity contribution in [2.75, 3.05) is 26.2 Å². The minimum absolute atomic E-state index is 0.154. The Morgan fingerprint density at radius 1 is 1.12 bits per heavy atom. The number of amides is 1. The van der Waals surface area contributed by atoms with Gasteiger partial charge < -0.3 is 10.0 Å². The van der Waals surface area contributed by atoms with Crippen molar-refractivity contribution in [3.63, 3.8) is 0 Å². The maximum absolute atomic E-state index is 12.9. The molecule has 2 heterocycles. The SMILES string of the molecule is O=C(c1n[nH]c(=O)c2ccccc12)N1CCN(C2CCCC2O)CC1. The smallest absolute Gasteiger partial charge is 0.275 e. The number of hydrogen-bond donors (Lipinski definition) is 2. The molecule has 7 heteroatoms. The van der Waals surface area contributed by atoms with Crippen molar-refractivity contribution >= 4 is 16.7 Å². The number of aliphatic hydroxyl groups is 1. The normalized spacial score (nSPS) is 24.8. The second-order valence-corrected chi connectivity index (χ2v) is 6.84. The predicted molar refractivity (Wildman–Crippen MR) is 93.5 cm³/mol. The Balaban J connectivity index is 1.51. The number of benzene rings is 1. The van der Waals surface area contributed by atoms with Gasteiger partial charge in [0, 0.05) is 37.6 Å². The first kappa shape index (κ1) is 16.2. The Bertz CT molecular complexity index is 842. The first-order chi connectivity index (χ1) is 12.1. The van der Waals surface area contributed by atoms with E-state index in [9.17, 15) is 14.7 Å². The first-order valence-electron chi connectivity index (χ1n) is 8.84. The van der Waals surface area contributed by atoms with Gasteiger partial charge in [-0.05, 0) is 25.3 Å². The second kappa shape index (κ2) is 6.57. The number of aliphatic hydroxyl groups excluding tert-OH is 1. The minimum Gasteiger partial charge on any atom is -0.391 e. The lowest BCUT2D eigenvalue weighted by atomic mass is 10.1. The fourth-order valence-corrected chi connectivity index (χ4v) is 4.03. The van der Waals surface area contributed by atoms with E-state index in [1.54, 1.807) is 29.2 Å². The summed E-state index contributed by atoms with van der Waals surface area (Å²) in [5.74, 6) is -0.154. The molecule has 2 aromatic rings. The van der Waals surface area contributed by atoms with E-state index in [2.05, 4.69) is 15.1 Å². The van der Waals surface area contributed by atoms with Crippen LogP contribution in [-0.4, -0.2) is 69.3 Å². The molecule has 1 saturated heterocycles. The Morgan fingerprint density at radius 2 is 1.84 bits per heavy atom. The number of carbonyl (C=O) groups is 1. The number of hydrogen-bond acceptors (Lipinski definition) is 5. The monoisotopic (exact) mass is 342 g/mol. The molecule has 2 N–H and O–H groups in total. The third-order valence-corrected chi connectivity index (χ3v) is 5.41. The fraction of sp³-hybridized carbons (Fsp3) is 0.500. The van der Waals surface area contributed by atoms with Crippen LogP contribution in [0.3, 0.4) is 0 Å². The van der Waals surface area contributed by atoms with Gasteiger partial charge in [-0.25, -0.2) is 5.10 Å². The van der Waals surface area contributed by atoms with Crippen LogP contribution >= 0.6 is 0 Å². The topological polar surface area (TPSA) is 89.5 Å². The molecule has 7 nitrogen and oxygen atoms in total. The summed E-state index contributed by atoms with van der Waals surface area (Å²) in [5, 5.41) is 17.6. The summed E-state index contributed by atoms with van der Waals surface area (Å²) in [6.45, 7) is 2.73. The molecule has 0 spiro atoms. The van der Waals surface area contributed by atoms with Crippen LogP contribution in [0.1, 0.15) is 29.8 Å². The van der Waals surface area contributed by atoms with Crippen LogP contribution in [0.2, 0.25) is 0 Å². The number of rotatable bonds is 2. The van der Waals surface area contributed by atoms with Gasteiger partial charge in [0.25, 0.3) is 11.5 Å². The first-order valence-corrected chi connectivity index (χ1v) is 8.84. The van der Waals surface area contributed by atoms with Gasteiger partial charge >= 0.3 is 0 Å². The number of carbonyl (C=O) groups excluding carboxylic acids is 1. The van der Waals surface area contributed by atoms with E-state index in [4.69, 9.17) is 0 Å². The summed E-state index contributed by atoms with van der Waals surface area (Å²) >= 11 is 0. The molecule has 4 rings (SSSR count). The Labute approximate surface area is 145 Å². The summed E-state index contributed by atoms with van der Waals surface area (Å²) in [6, 6.07) is 7.27. The van der Waals surface area contributed by atoms with Crippen LogP contribution in [0.25, 0.3) is 10.8 Å². The van der Waals surface area contributed by atoms with Crippen LogP contribution < -0.4 is 5.56 Å². The molecule has 0 radical (unpaired) electrons. The Hall–Kier alpha value is -2.25. The lowest BCUT2D eigenvalue weighted by molar-refractivity contribution is 0.0313. The van der Waals surface area contributed by atoms with Gasteiger partial charge in [-0.1, -0.05) is 18.2 Å². The summed E-state index contributed by atoms with van der Waals surface area (Å²) < 4.78 is 0. The average molecular weight is 342 g/mol. The average Bonchev–Trinajstić information content (AvgIpc) is 3.08. The highest BCUT2D eigenvalue weighted by molar-refractivity contribution is 6.04. The van der Waals surface area contributed by atoms with Crippen molar-refractivity contribution in [1.82, 2.24) is 20.0 Å². The molecule has 2 aliphatic rings. The zero-order valence-corrected chi connectivity index (χ0v) is 14.0. The van der Waals surface area contributed by atoms with E-state index < -0.39 is 0 Å². The summed E-state index contributed by atoms with van der Waals surface area (Å²) in [4.78, 5) is 28.8. The molecule has 1 amide bonds. The summed E-state index contributed by atoms with van der Waals surface area (Å²) in [7, 11) is 0. The van der Waals surface area contributed by atoms with Crippen LogP contribution in [0.15, 0.2) is 29.1 Å². The van der Waals surface area contributed by atoms with Crippen molar-refractivity contribution in [1.29, 1.82) is 0 Å².